The maximum atomic E-state index is 9.58. The smallest absolute Gasteiger partial charge is 0.376 e. The van der Waals surface area contributed by atoms with Crippen molar-refractivity contribution in [3.8, 4) is 0 Å². The number of hydrogen-bond acceptors (Lipinski definition) is 5. The highest BCUT2D eigenvalue weighted by Crippen LogP contribution is 2.20. The normalized spacial score (nSPS) is 24.2. The Balaban J connectivity index is 0.000000208. The van der Waals surface area contributed by atoms with E-state index >= 15 is 0 Å². The Bertz CT molecular complexity index is 542. The monoisotopic (exact) mass is 376 g/mol. The molecule has 0 amide bonds. The summed E-state index contributed by atoms with van der Waals surface area (Å²) in [5.74, 6) is 2.53. The van der Waals surface area contributed by atoms with Crippen LogP contribution in [0.1, 0.15) is 44.9 Å². The molecule has 0 unspecified atom stereocenters. The maximum absolute atomic E-state index is 9.58. The lowest BCUT2D eigenvalue weighted by Gasteiger charge is -2.33. The first-order valence-electron chi connectivity index (χ1n) is 10.7. The van der Waals surface area contributed by atoms with Crippen LogP contribution in [0.2, 0.25) is 13.6 Å². The molecule has 2 aliphatic heterocycles. The summed E-state index contributed by atoms with van der Waals surface area (Å²) in [5, 5.41) is 18.9. The van der Waals surface area contributed by atoms with Gasteiger partial charge in [-0.2, -0.15) is 0 Å². The highest BCUT2D eigenvalue weighted by molar-refractivity contribution is 6.45. The summed E-state index contributed by atoms with van der Waals surface area (Å²) in [6.07, 6.45) is 10.2. The summed E-state index contributed by atoms with van der Waals surface area (Å²) in [5.41, 5.74) is 0. The van der Waals surface area contributed by atoms with Crippen molar-refractivity contribution in [3.63, 3.8) is 0 Å². The fourth-order valence-electron chi connectivity index (χ4n) is 4.23. The SMILES string of the molecule is CB(O)N1CCC[C@H](Cn2ccnc2C)C1.CC[C@H]1CCCN(B(C)O)C1. The first kappa shape index (κ1) is 22.5. The molecule has 2 saturated heterocycles. The van der Waals surface area contributed by atoms with Crippen LogP contribution in [0.4, 0.5) is 0 Å². The fourth-order valence-corrected chi connectivity index (χ4v) is 4.23. The molecule has 3 heterocycles. The van der Waals surface area contributed by atoms with E-state index in [0.717, 1.165) is 44.5 Å². The molecular formula is C19H38B2N4O2. The third-order valence-corrected chi connectivity index (χ3v) is 6.11. The molecule has 1 aromatic heterocycles. The Labute approximate surface area is 166 Å². The molecule has 152 valence electrons. The third kappa shape index (κ3) is 7.26. The summed E-state index contributed by atoms with van der Waals surface area (Å²) < 4.78 is 2.20. The Hall–Kier alpha value is -0.820. The number of aromatic nitrogens is 2. The van der Waals surface area contributed by atoms with E-state index in [1.165, 1.54) is 32.1 Å². The molecule has 1 aromatic rings. The van der Waals surface area contributed by atoms with E-state index < -0.39 is 0 Å². The highest BCUT2D eigenvalue weighted by Gasteiger charge is 2.25. The molecule has 8 heteroatoms. The van der Waals surface area contributed by atoms with Crippen LogP contribution in [0.15, 0.2) is 12.4 Å². The van der Waals surface area contributed by atoms with E-state index in [1.807, 2.05) is 33.0 Å². The molecule has 0 bridgehead atoms. The van der Waals surface area contributed by atoms with Crippen molar-refractivity contribution in [1.82, 2.24) is 19.2 Å². The van der Waals surface area contributed by atoms with E-state index in [2.05, 4.69) is 26.1 Å². The standard InChI is InChI=1S/C11H20BN3O.C8H18BNO/c1-10-13-5-7-14(10)8-11-4-3-6-15(9-11)12(2)16;1-3-8-5-4-6-10(7-8)9(2)11/h5,7,11,16H,3-4,6,8-9H2,1-2H3;8,11H,3-7H2,1-2H3/t11-;8-/m10/s1. The highest BCUT2D eigenvalue weighted by atomic mass is 16.2. The minimum Gasteiger partial charge on any atom is -0.437 e. The summed E-state index contributed by atoms with van der Waals surface area (Å²) in [6.45, 7) is 13.2. The average Bonchev–Trinajstić information content (AvgIpc) is 3.07. The van der Waals surface area contributed by atoms with E-state index in [0.29, 0.717) is 5.92 Å². The van der Waals surface area contributed by atoms with Crippen molar-refractivity contribution >= 4 is 14.1 Å². The first-order valence-corrected chi connectivity index (χ1v) is 10.7. The zero-order valence-corrected chi connectivity index (χ0v) is 17.7. The van der Waals surface area contributed by atoms with Crippen LogP contribution < -0.4 is 0 Å². The zero-order chi connectivity index (χ0) is 19.8. The van der Waals surface area contributed by atoms with Crippen molar-refractivity contribution in [3.05, 3.63) is 18.2 Å². The van der Waals surface area contributed by atoms with Gasteiger partial charge in [-0.15, -0.1) is 0 Å². The Kier molecular flexibility index (Phi) is 9.36. The summed E-state index contributed by atoms with van der Waals surface area (Å²) >= 11 is 0. The number of imidazole rings is 1. The Morgan fingerprint density at radius 2 is 1.59 bits per heavy atom. The number of piperidine rings is 2. The minimum atomic E-state index is -0.313. The van der Waals surface area contributed by atoms with Gasteiger partial charge in [0.05, 0.1) is 0 Å². The van der Waals surface area contributed by atoms with Crippen LogP contribution in [0.5, 0.6) is 0 Å². The van der Waals surface area contributed by atoms with Gasteiger partial charge in [-0.25, -0.2) is 4.98 Å². The van der Waals surface area contributed by atoms with Gasteiger partial charge in [-0.1, -0.05) is 13.3 Å². The van der Waals surface area contributed by atoms with Crippen LogP contribution in [-0.4, -0.2) is 69.5 Å². The average molecular weight is 376 g/mol. The lowest BCUT2D eigenvalue weighted by Crippen LogP contribution is -2.45. The lowest BCUT2D eigenvalue weighted by molar-refractivity contribution is 0.224. The van der Waals surface area contributed by atoms with Crippen molar-refractivity contribution in [1.29, 1.82) is 0 Å². The summed E-state index contributed by atoms with van der Waals surface area (Å²) in [6, 6.07) is 0. The molecule has 2 fully saturated rings. The van der Waals surface area contributed by atoms with Crippen LogP contribution in [-0.2, 0) is 6.54 Å². The lowest BCUT2D eigenvalue weighted by atomic mass is 9.80. The zero-order valence-electron chi connectivity index (χ0n) is 17.7. The second kappa shape index (κ2) is 11.2. The Morgan fingerprint density at radius 3 is 2.07 bits per heavy atom. The van der Waals surface area contributed by atoms with Gasteiger partial charge in [0, 0.05) is 18.9 Å². The molecule has 2 atom stereocenters. The summed E-state index contributed by atoms with van der Waals surface area (Å²) in [4.78, 5) is 8.55. The molecule has 0 aromatic carbocycles. The van der Waals surface area contributed by atoms with Gasteiger partial charge >= 0.3 is 14.1 Å². The van der Waals surface area contributed by atoms with Crippen LogP contribution in [0, 0.1) is 18.8 Å². The molecule has 0 aliphatic carbocycles. The van der Waals surface area contributed by atoms with Crippen molar-refractivity contribution < 1.29 is 10.0 Å². The molecule has 0 spiro atoms. The van der Waals surface area contributed by atoms with Crippen molar-refractivity contribution in [2.45, 2.75) is 66.1 Å². The van der Waals surface area contributed by atoms with Gasteiger partial charge in [0.25, 0.3) is 0 Å². The minimum absolute atomic E-state index is 0.246. The predicted molar refractivity (Wildman–Crippen MR) is 114 cm³/mol. The fraction of sp³-hybridized carbons (Fsp3) is 0.842. The molecule has 6 nitrogen and oxygen atoms in total. The van der Waals surface area contributed by atoms with Gasteiger partial charge < -0.3 is 24.2 Å². The van der Waals surface area contributed by atoms with Crippen LogP contribution in [0.3, 0.4) is 0 Å². The molecular weight excluding hydrogens is 338 g/mol. The molecule has 2 aliphatic rings. The first-order chi connectivity index (χ1) is 12.9. The third-order valence-electron chi connectivity index (χ3n) is 6.11. The van der Waals surface area contributed by atoms with Gasteiger partial charge in [0.2, 0.25) is 0 Å². The second-order valence-corrected chi connectivity index (χ2v) is 8.31. The molecule has 0 radical (unpaired) electrons. The molecule has 0 saturated carbocycles. The van der Waals surface area contributed by atoms with E-state index in [1.54, 1.807) is 0 Å². The number of hydrogen-bond donors (Lipinski definition) is 2. The van der Waals surface area contributed by atoms with E-state index in [4.69, 9.17) is 0 Å². The van der Waals surface area contributed by atoms with Crippen LogP contribution in [0.25, 0.3) is 0 Å². The molecule has 3 rings (SSSR count). The number of rotatable bonds is 5. The molecule has 27 heavy (non-hydrogen) atoms. The predicted octanol–water partition coefficient (Wildman–Crippen LogP) is 2.23. The van der Waals surface area contributed by atoms with Gasteiger partial charge in [-0.3, -0.25) is 0 Å². The largest absolute Gasteiger partial charge is 0.437 e. The maximum Gasteiger partial charge on any atom is 0.376 e. The second-order valence-electron chi connectivity index (χ2n) is 8.31. The van der Waals surface area contributed by atoms with Crippen LogP contribution >= 0.6 is 0 Å². The van der Waals surface area contributed by atoms with Gasteiger partial charge in [0.1, 0.15) is 5.82 Å². The number of aryl methyl sites for hydroxylation is 1. The quantitative estimate of drug-likeness (QED) is 0.772. The van der Waals surface area contributed by atoms with Crippen molar-refractivity contribution in [2.75, 3.05) is 26.2 Å². The topological polar surface area (TPSA) is 64.8 Å². The number of nitrogens with zero attached hydrogens (tertiary/aromatic N) is 4. The molecule has 2 N–H and O–H groups in total. The van der Waals surface area contributed by atoms with Gasteiger partial charge in [0.15, 0.2) is 0 Å². The van der Waals surface area contributed by atoms with E-state index in [9.17, 15) is 10.0 Å². The van der Waals surface area contributed by atoms with Gasteiger partial charge in [-0.05, 0) is 84.3 Å². The van der Waals surface area contributed by atoms with Crippen molar-refractivity contribution in [2.24, 2.45) is 11.8 Å². The van der Waals surface area contributed by atoms with E-state index in [-0.39, 0.29) is 14.1 Å². The Morgan fingerprint density at radius 1 is 1.04 bits per heavy atom. The summed E-state index contributed by atoms with van der Waals surface area (Å²) in [7, 11) is -0.559.